The number of pyridine rings is 1. The van der Waals surface area contributed by atoms with Crippen molar-refractivity contribution in [2.24, 2.45) is 0 Å². The summed E-state index contributed by atoms with van der Waals surface area (Å²) < 4.78 is 5.34. The normalized spacial score (nSPS) is 14.2. The van der Waals surface area contributed by atoms with Crippen molar-refractivity contribution >= 4 is 23.4 Å². The molecule has 1 aromatic heterocycles. The SMILES string of the molecule is Cc1nc(N2CCOCC2)ccc1NC(=O)c1ccc(C(=O)O)cc1. The standard InChI is InChI=1S/C18H19N3O4/c1-12-15(6-7-16(19-12)21-8-10-25-11-9-21)20-17(22)13-2-4-14(5-3-13)18(23)24/h2-7H,8-11H2,1H3,(H,20,22)(H,23,24). The van der Waals surface area contributed by atoms with Crippen LogP contribution in [0.4, 0.5) is 11.5 Å². The van der Waals surface area contributed by atoms with Gasteiger partial charge < -0.3 is 20.1 Å². The Hall–Kier alpha value is -2.93. The molecule has 0 aliphatic carbocycles. The quantitative estimate of drug-likeness (QED) is 0.886. The molecule has 0 saturated carbocycles. The first-order valence-corrected chi connectivity index (χ1v) is 7.99. The highest BCUT2D eigenvalue weighted by atomic mass is 16.5. The molecule has 1 fully saturated rings. The smallest absolute Gasteiger partial charge is 0.335 e. The van der Waals surface area contributed by atoms with Crippen LogP contribution in [0.3, 0.4) is 0 Å². The maximum absolute atomic E-state index is 12.3. The lowest BCUT2D eigenvalue weighted by atomic mass is 10.1. The first kappa shape index (κ1) is 16.9. The number of benzene rings is 1. The minimum absolute atomic E-state index is 0.143. The molecule has 3 rings (SSSR count). The van der Waals surface area contributed by atoms with Crippen molar-refractivity contribution in [1.82, 2.24) is 4.98 Å². The number of nitrogens with one attached hydrogen (secondary N) is 1. The van der Waals surface area contributed by atoms with Gasteiger partial charge in [-0.05, 0) is 43.3 Å². The molecular formula is C18H19N3O4. The monoisotopic (exact) mass is 341 g/mol. The van der Waals surface area contributed by atoms with Crippen molar-refractivity contribution in [1.29, 1.82) is 0 Å². The lowest BCUT2D eigenvalue weighted by Gasteiger charge is -2.28. The van der Waals surface area contributed by atoms with Crippen LogP contribution in [0.1, 0.15) is 26.4 Å². The summed E-state index contributed by atoms with van der Waals surface area (Å²) in [6, 6.07) is 9.50. The van der Waals surface area contributed by atoms with E-state index in [2.05, 4.69) is 15.2 Å². The lowest BCUT2D eigenvalue weighted by Crippen LogP contribution is -2.36. The van der Waals surface area contributed by atoms with E-state index in [-0.39, 0.29) is 11.5 Å². The van der Waals surface area contributed by atoms with Gasteiger partial charge in [0.1, 0.15) is 5.82 Å². The van der Waals surface area contributed by atoms with Crippen LogP contribution in [-0.2, 0) is 4.74 Å². The predicted octanol–water partition coefficient (Wildman–Crippen LogP) is 2.18. The predicted molar refractivity (Wildman–Crippen MR) is 93.4 cm³/mol. The molecule has 2 heterocycles. The van der Waals surface area contributed by atoms with E-state index in [0.29, 0.717) is 24.5 Å². The van der Waals surface area contributed by atoms with Crippen molar-refractivity contribution in [2.75, 3.05) is 36.5 Å². The number of ether oxygens (including phenoxy) is 1. The summed E-state index contributed by atoms with van der Waals surface area (Å²) in [5, 5.41) is 11.7. The molecule has 1 aromatic carbocycles. The zero-order valence-corrected chi connectivity index (χ0v) is 13.9. The number of aryl methyl sites for hydroxylation is 1. The highest BCUT2D eigenvalue weighted by molar-refractivity contribution is 6.05. The molecule has 1 amide bonds. The number of aromatic nitrogens is 1. The van der Waals surface area contributed by atoms with Gasteiger partial charge in [-0.2, -0.15) is 0 Å². The number of hydrogen-bond donors (Lipinski definition) is 2. The zero-order valence-electron chi connectivity index (χ0n) is 13.9. The van der Waals surface area contributed by atoms with Crippen LogP contribution in [0.25, 0.3) is 0 Å². The van der Waals surface area contributed by atoms with Crippen molar-refractivity contribution in [3.63, 3.8) is 0 Å². The van der Waals surface area contributed by atoms with Gasteiger partial charge in [-0.1, -0.05) is 0 Å². The largest absolute Gasteiger partial charge is 0.478 e. The number of carboxylic acid groups (broad SMARTS) is 1. The Morgan fingerprint density at radius 2 is 1.72 bits per heavy atom. The molecule has 7 heteroatoms. The number of nitrogens with zero attached hydrogens (tertiary/aromatic N) is 2. The number of rotatable bonds is 4. The molecule has 0 bridgehead atoms. The van der Waals surface area contributed by atoms with E-state index in [1.165, 1.54) is 24.3 Å². The third-order valence-electron chi connectivity index (χ3n) is 4.05. The minimum atomic E-state index is -1.02. The van der Waals surface area contributed by atoms with Crippen molar-refractivity contribution in [2.45, 2.75) is 6.92 Å². The van der Waals surface area contributed by atoms with Gasteiger partial charge in [0.15, 0.2) is 0 Å². The third kappa shape index (κ3) is 3.95. The zero-order chi connectivity index (χ0) is 17.8. The highest BCUT2D eigenvalue weighted by Crippen LogP contribution is 2.20. The molecule has 2 N–H and O–H groups in total. The van der Waals surface area contributed by atoms with Gasteiger partial charge in [0.2, 0.25) is 0 Å². The van der Waals surface area contributed by atoms with E-state index in [1.807, 2.05) is 19.1 Å². The minimum Gasteiger partial charge on any atom is -0.478 e. The number of carboxylic acids is 1. The van der Waals surface area contributed by atoms with Crippen LogP contribution >= 0.6 is 0 Å². The van der Waals surface area contributed by atoms with E-state index < -0.39 is 5.97 Å². The molecular weight excluding hydrogens is 322 g/mol. The number of morpholine rings is 1. The maximum atomic E-state index is 12.3. The number of aromatic carboxylic acids is 1. The van der Waals surface area contributed by atoms with Gasteiger partial charge in [0, 0.05) is 18.7 Å². The summed E-state index contributed by atoms with van der Waals surface area (Å²) in [6.45, 7) is 4.81. The lowest BCUT2D eigenvalue weighted by molar-refractivity contribution is 0.0696. The number of carbonyl (C=O) groups excluding carboxylic acids is 1. The van der Waals surface area contributed by atoms with Crippen LogP contribution in [0, 0.1) is 6.92 Å². The van der Waals surface area contributed by atoms with E-state index in [4.69, 9.17) is 9.84 Å². The van der Waals surface area contributed by atoms with Crippen LogP contribution < -0.4 is 10.2 Å². The van der Waals surface area contributed by atoms with E-state index >= 15 is 0 Å². The molecule has 1 saturated heterocycles. The number of carbonyl (C=O) groups is 2. The van der Waals surface area contributed by atoms with E-state index in [0.717, 1.165) is 24.6 Å². The van der Waals surface area contributed by atoms with Gasteiger partial charge in [-0.3, -0.25) is 4.79 Å². The molecule has 0 spiro atoms. The molecule has 7 nitrogen and oxygen atoms in total. The summed E-state index contributed by atoms with van der Waals surface area (Å²) in [6.07, 6.45) is 0. The molecule has 25 heavy (non-hydrogen) atoms. The van der Waals surface area contributed by atoms with Gasteiger partial charge in [0.05, 0.1) is 30.2 Å². The van der Waals surface area contributed by atoms with Crippen LogP contribution in [0.2, 0.25) is 0 Å². The molecule has 0 radical (unpaired) electrons. The third-order valence-corrected chi connectivity index (χ3v) is 4.05. The Morgan fingerprint density at radius 1 is 1.08 bits per heavy atom. The second kappa shape index (κ2) is 7.31. The average Bonchev–Trinajstić information content (AvgIpc) is 2.64. The number of anilines is 2. The second-order valence-corrected chi connectivity index (χ2v) is 5.74. The fraction of sp³-hybridized carbons (Fsp3) is 0.278. The van der Waals surface area contributed by atoms with Gasteiger partial charge in [0.25, 0.3) is 5.91 Å². The fourth-order valence-electron chi connectivity index (χ4n) is 2.61. The Bertz CT molecular complexity index is 783. The first-order chi connectivity index (χ1) is 12.0. The summed E-state index contributed by atoms with van der Waals surface area (Å²) in [4.78, 5) is 29.9. The maximum Gasteiger partial charge on any atom is 0.335 e. The summed E-state index contributed by atoms with van der Waals surface area (Å²) in [5.74, 6) is -0.462. The van der Waals surface area contributed by atoms with Crippen LogP contribution in [-0.4, -0.2) is 48.3 Å². The van der Waals surface area contributed by atoms with Crippen molar-refractivity contribution in [3.05, 3.63) is 53.2 Å². The van der Waals surface area contributed by atoms with Crippen molar-refractivity contribution < 1.29 is 19.4 Å². The molecule has 2 aromatic rings. The van der Waals surface area contributed by atoms with Gasteiger partial charge >= 0.3 is 5.97 Å². The molecule has 0 atom stereocenters. The first-order valence-electron chi connectivity index (χ1n) is 7.99. The Morgan fingerprint density at radius 3 is 2.32 bits per heavy atom. The van der Waals surface area contributed by atoms with Crippen LogP contribution in [0.15, 0.2) is 36.4 Å². The van der Waals surface area contributed by atoms with Gasteiger partial charge in [-0.25, -0.2) is 9.78 Å². The second-order valence-electron chi connectivity index (χ2n) is 5.74. The Labute approximate surface area is 145 Å². The van der Waals surface area contributed by atoms with Gasteiger partial charge in [-0.15, -0.1) is 0 Å². The Balaban J connectivity index is 1.71. The summed E-state index contributed by atoms with van der Waals surface area (Å²) in [7, 11) is 0. The van der Waals surface area contributed by atoms with E-state index in [9.17, 15) is 9.59 Å². The van der Waals surface area contributed by atoms with Crippen molar-refractivity contribution in [3.8, 4) is 0 Å². The highest BCUT2D eigenvalue weighted by Gasteiger charge is 2.15. The molecule has 0 unspecified atom stereocenters. The molecule has 130 valence electrons. The number of hydrogen-bond acceptors (Lipinski definition) is 5. The Kier molecular flexibility index (Phi) is 4.95. The fourth-order valence-corrected chi connectivity index (χ4v) is 2.61. The topological polar surface area (TPSA) is 91.8 Å². The number of amides is 1. The van der Waals surface area contributed by atoms with Crippen LogP contribution in [0.5, 0.6) is 0 Å². The summed E-state index contributed by atoms with van der Waals surface area (Å²) >= 11 is 0. The summed E-state index contributed by atoms with van der Waals surface area (Å²) in [5.41, 5.74) is 1.88. The molecule has 1 aliphatic rings. The molecule has 1 aliphatic heterocycles. The average molecular weight is 341 g/mol. The van der Waals surface area contributed by atoms with E-state index in [1.54, 1.807) is 0 Å².